The normalized spacial score (nSPS) is 18.2. The molecule has 4 heteroatoms. The second-order valence-corrected chi connectivity index (χ2v) is 4.90. The Labute approximate surface area is 96.1 Å². The lowest BCUT2D eigenvalue weighted by molar-refractivity contribution is 0.0788. The van der Waals surface area contributed by atoms with Crippen LogP contribution in [-0.4, -0.2) is 18.4 Å². The van der Waals surface area contributed by atoms with Gasteiger partial charge in [0.1, 0.15) is 5.76 Å². The van der Waals surface area contributed by atoms with Gasteiger partial charge in [-0.3, -0.25) is 0 Å². The summed E-state index contributed by atoms with van der Waals surface area (Å²) in [4.78, 5) is 0. The molecular formula is C12H20N2O2. The summed E-state index contributed by atoms with van der Waals surface area (Å²) in [5, 5.41) is 3.91. The monoisotopic (exact) mass is 224 g/mol. The first-order valence-electron chi connectivity index (χ1n) is 6.00. The first-order chi connectivity index (χ1) is 7.68. The lowest BCUT2D eigenvalue weighted by Crippen LogP contribution is -2.15. The Morgan fingerprint density at radius 2 is 2.06 bits per heavy atom. The Kier molecular flexibility index (Phi) is 3.49. The van der Waals surface area contributed by atoms with E-state index < -0.39 is 0 Å². The number of hydrogen-bond acceptors (Lipinski definition) is 4. The van der Waals surface area contributed by atoms with E-state index >= 15 is 0 Å². The van der Waals surface area contributed by atoms with E-state index in [4.69, 9.17) is 15.0 Å². The largest absolute Gasteiger partial charge is 0.381 e. The average molecular weight is 224 g/mol. The first-order valence-corrected chi connectivity index (χ1v) is 6.00. The molecule has 0 bridgehead atoms. The maximum absolute atomic E-state index is 5.86. The predicted octanol–water partition coefficient (Wildman–Crippen LogP) is 2.35. The Morgan fingerprint density at radius 3 is 2.69 bits per heavy atom. The third-order valence-electron chi connectivity index (χ3n) is 3.05. The van der Waals surface area contributed by atoms with Gasteiger partial charge in [-0.2, -0.15) is 0 Å². The maximum Gasteiger partial charge on any atom is 0.170 e. The van der Waals surface area contributed by atoms with Crippen molar-refractivity contribution in [2.75, 3.05) is 18.9 Å². The van der Waals surface area contributed by atoms with Gasteiger partial charge in [0.25, 0.3) is 0 Å². The Bertz CT molecular complexity index is 341. The van der Waals surface area contributed by atoms with Crippen molar-refractivity contribution >= 4 is 5.82 Å². The van der Waals surface area contributed by atoms with Crippen molar-refractivity contribution in [2.24, 2.45) is 5.92 Å². The third-order valence-corrected chi connectivity index (χ3v) is 3.05. The fourth-order valence-corrected chi connectivity index (χ4v) is 2.23. The van der Waals surface area contributed by atoms with E-state index in [1.54, 1.807) is 0 Å². The number of nitrogens with zero attached hydrogens (tertiary/aromatic N) is 1. The van der Waals surface area contributed by atoms with Crippen LogP contribution in [0.25, 0.3) is 0 Å². The molecule has 0 unspecified atom stereocenters. The first kappa shape index (κ1) is 11.5. The van der Waals surface area contributed by atoms with Crippen LogP contribution >= 0.6 is 0 Å². The zero-order valence-electron chi connectivity index (χ0n) is 10.0. The highest BCUT2D eigenvalue weighted by atomic mass is 16.5. The minimum atomic E-state index is 0.437. The van der Waals surface area contributed by atoms with Crippen molar-refractivity contribution in [1.82, 2.24) is 5.16 Å². The van der Waals surface area contributed by atoms with Crippen LogP contribution in [0.15, 0.2) is 4.52 Å². The Hall–Kier alpha value is -1.03. The fraction of sp³-hybridized carbons (Fsp3) is 0.750. The van der Waals surface area contributed by atoms with E-state index in [-0.39, 0.29) is 0 Å². The summed E-state index contributed by atoms with van der Waals surface area (Å²) < 4.78 is 10.8. The van der Waals surface area contributed by atoms with Crippen LogP contribution < -0.4 is 5.73 Å². The number of ether oxygens (including phenoxy) is 1. The smallest absolute Gasteiger partial charge is 0.170 e. The molecule has 0 amide bonds. The quantitative estimate of drug-likeness (QED) is 0.856. The summed E-state index contributed by atoms with van der Waals surface area (Å²) in [5.74, 6) is 2.57. The molecule has 1 aromatic rings. The van der Waals surface area contributed by atoms with Crippen LogP contribution in [0.5, 0.6) is 0 Å². The van der Waals surface area contributed by atoms with Gasteiger partial charge in [0.05, 0.1) is 0 Å². The van der Waals surface area contributed by atoms with Crippen molar-refractivity contribution in [1.29, 1.82) is 0 Å². The molecular weight excluding hydrogens is 204 g/mol. The zero-order valence-corrected chi connectivity index (χ0v) is 10.0. The summed E-state index contributed by atoms with van der Waals surface area (Å²) in [5.41, 5.74) is 6.97. The fourth-order valence-electron chi connectivity index (χ4n) is 2.23. The van der Waals surface area contributed by atoms with E-state index in [0.717, 1.165) is 43.8 Å². The highest BCUT2D eigenvalue weighted by Gasteiger charge is 2.25. The number of rotatable bonds is 3. The van der Waals surface area contributed by atoms with Crippen molar-refractivity contribution in [3.63, 3.8) is 0 Å². The average Bonchev–Trinajstić information content (AvgIpc) is 2.61. The molecule has 0 aromatic carbocycles. The second-order valence-electron chi connectivity index (χ2n) is 4.90. The number of nitrogens with two attached hydrogens (primary N) is 1. The molecule has 1 aliphatic heterocycles. The van der Waals surface area contributed by atoms with E-state index in [9.17, 15) is 0 Å². The standard InChI is InChI=1S/C12H20N2O2/c1-8(2)7-10-11(16-14-12(10)13)9-3-5-15-6-4-9/h8-9H,3-7H2,1-2H3,(H2,13,14). The molecule has 0 radical (unpaired) electrons. The molecule has 90 valence electrons. The summed E-state index contributed by atoms with van der Waals surface area (Å²) in [6, 6.07) is 0. The molecule has 2 heterocycles. The van der Waals surface area contributed by atoms with Crippen LogP contribution in [-0.2, 0) is 11.2 Å². The van der Waals surface area contributed by atoms with Crippen molar-refractivity contribution in [2.45, 2.75) is 39.0 Å². The molecule has 0 aliphatic carbocycles. The van der Waals surface area contributed by atoms with E-state index in [2.05, 4.69) is 19.0 Å². The maximum atomic E-state index is 5.86. The minimum absolute atomic E-state index is 0.437. The molecule has 0 spiro atoms. The molecule has 4 nitrogen and oxygen atoms in total. The van der Waals surface area contributed by atoms with Crippen LogP contribution in [0.1, 0.15) is 43.9 Å². The van der Waals surface area contributed by atoms with E-state index in [1.807, 2.05) is 0 Å². The zero-order chi connectivity index (χ0) is 11.5. The highest BCUT2D eigenvalue weighted by Crippen LogP contribution is 2.33. The van der Waals surface area contributed by atoms with Gasteiger partial charge in [-0.05, 0) is 25.2 Å². The van der Waals surface area contributed by atoms with Crippen molar-refractivity contribution < 1.29 is 9.26 Å². The number of hydrogen-bond donors (Lipinski definition) is 1. The van der Waals surface area contributed by atoms with Gasteiger partial charge in [0.15, 0.2) is 5.82 Å². The van der Waals surface area contributed by atoms with Crippen molar-refractivity contribution in [3.8, 4) is 0 Å². The van der Waals surface area contributed by atoms with Gasteiger partial charge >= 0.3 is 0 Å². The van der Waals surface area contributed by atoms with Crippen LogP contribution in [0.2, 0.25) is 0 Å². The lowest BCUT2D eigenvalue weighted by Gasteiger charge is -2.20. The lowest BCUT2D eigenvalue weighted by atomic mass is 9.91. The summed E-state index contributed by atoms with van der Waals surface area (Å²) in [7, 11) is 0. The number of nitrogen functional groups attached to an aromatic ring is 1. The van der Waals surface area contributed by atoms with Gasteiger partial charge in [0, 0.05) is 24.7 Å². The Morgan fingerprint density at radius 1 is 1.38 bits per heavy atom. The van der Waals surface area contributed by atoms with Crippen molar-refractivity contribution in [3.05, 3.63) is 11.3 Å². The van der Waals surface area contributed by atoms with Crippen LogP contribution in [0, 0.1) is 5.92 Å². The second kappa shape index (κ2) is 4.87. The van der Waals surface area contributed by atoms with Gasteiger partial charge in [-0.25, -0.2) is 0 Å². The molecule has 1 aromatic heterocycles. The molecule has 1 saturated heterocycles. The summed E-state index contributed by atoms with van der Waals surface area (Å²) in [6.45, 7) is 5.99. The molecule has 1 fully saturated rings. The summed E-state index contributed by atoms with van der Waals surface area (Å²) in [6.07, 6.45) is 2.97. The number of aromatic nitrogens is 1. The van der Waals surface area contributed by atoms with E-state index in [1.165, 1.54) is 0 Å². The van der Waals surface area contributed by atoms with Gasteiger partial charge in [0.2, 0.25) is 0 Å². The Balaban J connectivity index is 2.18. The van der Waals surface area contributed by atoms with Crippen LogP contribution in [0.4, 0.5) is 5.82 Å². The SMILES string of the molecule is CC(C)Cc1c(N)noc1C1CCOCC1. The molecule has 0 atom stereocenters. The van der Waals surface area contributed by atoms with Crippen LogP contribution in [0.3, 0.4) is 0 Å². The minimum Gasteiger partial charge on any atom is -0.381 e. The number of anilines is 1. The molecule has 16 heavy (non-hydrogen) atoms. The topological polar surface area (TPSA) is 61.3 Å². The van der Waals surface area contributed by atoms with Gasteiger partial charge in [-0.15, -0.1) is 0 Å². The van der Waals surface area contributed by atoms with E-state index in [0.29, 0.717) is 17.7 Å². The predicted molar refractivity (Wildman–Crippen MR) is 62.3 cm³/mol. The van der Waals surface area contributed by atoms with Gasteiger partial charge in [-0.1, -0.05) is 19.0 Å². The molecule has 2 rings (SSSR count). The summed E-state index contributed by atoms with van der Waals surface area (Å²) >= 11 is 0. The molecule has 0 saturated carbocycles. The third kappa shape index (κ3) is 2.38. The van der Waals surface area contributed by atoms with Gasteiger partial charge < -0.3 is 15.0 Å². The molecule has 1 aliphatic rings. The molecule has 2 N–H and O–H groups in total. The highest BCUT2D eigenvalue weighted by molar-refractivity contribution is 5.42.